The minimum Gasteiger partial charge on any atom is -0.396 e. The Labute approximate surface area is 76.9 Å². The molecule has 78 valence electrons. The molecule has 1 saturated heterocycles. The molecule has 5 heteroatoms. The van der Waals surface area contributed by atoms with Crippen LogP contribution in [-0.2, 0) is 9.47 Å². The maximum atomic E-state index is 9.49. The molecule has 0 aromatic heterocycles. The van der Waals surface area contributed by atoms with Gasteiger partial charge in [-0.3, -0.25) is 0 Å². The molecule has 0 radical (unpaired) electrons. The lowest BCUT2D eigenvalue weighted by Crippen LogP contribution is -2.38. The first-order valence-electron chi connectivity index (χ1n) is 4.27. The predicted octanol–water partition coefficient (Wildman–Crippen LogP) is -1.29. The third-order valence-corrected chi connectivity index (χ3v) is 2.27. The number of aliphatic hydroxyl groups is 3. The summed E-state index contributed by atoms with van der Waals surface area (Å²) in [5.41, 5.74) is 0. The average Bonchev–Trinajstić information content (AvgIpc) is 2.93. The Bertz CT molecular complexity index is 163. The lowest BCUT2D eigenvalue weighted by molar-refractivity contribution is -0.0387. The third-order valence-electron chi connectivity index (χ3n) is 2.27. The van der Waals surface area contributed by atoms with E-state index in [1.807, 2.05) is 0 Å². The van der Waals surface area contributed by atoms with E-state index in [1.54, 1.807) is 6.92 Å². The van der Waals surface area contributed by atoms with Crippen molar-refractivity contribution in [3.63, 3.8) is 0 Å². The van der Waals surface area contributed by atoms with Crippen molar-refractivity contribution in [2.45, 2.75) is 31.5 Å². The normalized spacial score (nSPS) is 33.9. The Morgan fingerprint density at radius 1 is 1.46 bits per heavy atom. The third kappa shape index (κ3) is 2.38. The van der Waals surface area contributed by atoms with E-state index in [-0.39, 0.29) is 12.5 Å². The zero-order chi connectivity index (χ0) is 10.0. The number of ether oxygens (including phenoxy) is 2. The molecule has 13 heavy (non-hydrogen) atoms. The topological polar surface area (TPSA) is 82.5 Å². The summed E-state index contributed by atoms with van der Waals surface area (Å²) < 4.78 is 9.73. The average molecular weight is 192 g/mol. The molecule has 1 heterocycles. The molecule has 0 aromatic rings. The van der Waals surface area contributed by atoms with Gasteiger partial charge in [-0.1, -0.05) is 6.92 Å². The van der Waals surface area contributed by atoms with Crippen LogP contribution in [0.15, 0.2) is 0 Å². The van der Waals surface area contributed by atoms with Gasteiger partial charge in [0.2, 0.25) is 0 Å². The van der Waals surface area contributed by atoms with Gasteiger partial charge in [0.15, 0.2) is 6.29 Å². The summed E-state index contributed by atoms with van der Waals surface area (Å²) in [5.74, 6) is -0.364. The number of methoxy groups -OCH3 is 1. The van der Waals surface area contributed by atoms with Gasteiger partial charge in [-0.15, -0.1) is 0 Å². The van der Waals surface area contributed by atoms with Gasteiger partial charge in [0, 0.05) is 19.6 Å². The lowest BCUT2D eigenvalue weighted by atomic mass is 9.99. The lowest BCUT2D eigenvalue weighted by Gasteiger charge is -2.20. The number of rotatable bonds is 5. The van der Waals surface area contributed by atoms with Crippen molar-refractivity contribution in [1.29, 1.82) is 0 Å². The molecule has 4 unspecified atom stereocenters. The van der Waals surface area contributed by atoms with Crippen LogP contribution in [0.25, 0.3) is 0 Å². The Morgan fingerprint density at radius 3 is 2.46 bits per heavy atom. The van der Waals surface area contributed by atoms with E-state index in [1.165, 1.54) is 7.11 Å². The van der Waals surface area contributed by atoms with Crippen molar-refractivity contribution >= 4 is 0 Å². The Morgan fingerprint density at radius 2 is 2.08 bits per heavy atom. The van der Waals surface area contributed by atoms with Crippen LogP contribution in [0.5, 0.6) is 0 Å². The smallest absolute Gasteiger partial charge is 0.186 e. The van der Waals surface area contributed by atoms with Gasteiger partial charge >= 0.3 is 0 Å². The SMILES string of the molecule is CO[C@@H]1OC1C(O)C(O)C(C)CO. The van der Waals surface area contributed by atoms with E-state index >= 15 is 0 Å². The van der Waals surface area contributed by atoms with Crippen LogP contribution in [0.3, 0.4) is 0 Å². The van der Waals surface area contributed by atoms with Crippen molar-refractivity contribution in [1.82, 2.24) is 0 Å². The summed E-state index contributed by atoms with van der Waals surface area (Å²) in [5, 5.41) is 27.7. The van der Waals surface area contributed by atoms with Gasteiger partial charge in [-0.05, 0) is 0 Å². The Balaban J connectivity index is 2.35. The molecule has 0 saturated carbocycles. The van der Waals surface area contributed by atoms with Gasteiger partial charge < -0.3 is 24.8 Å². The van der Waals surface area contributed by atoms with E-state index in [0.717, 1.165) is 0 Å². The predicted molar refractivity (Wildman–Crippen MR) is 43.9 cm³/mol. The first kappa shape index (κ1) is 10.9. The fraction of sp³-hybridized carbons (Fsp3) is 1.00. The molecule has 0 aliphatic carbocycles. The summed E-state index contributed by atoms with van der Waals surface area (Å²) in [6.07, 6.45) is -2.85. The zero-order valence-electron chi connectivity index (χ0n) is 7.75. The standard InChI is InChI=1S/C8H16O5/c1-4(3-9)5(10)6(11)7-8(12-2)13-7/h4-11H,3H2,1-2H3/t4?,5?,6?,7?,8-/m1/s1. The maximum Gasteiger partial charge on any atom is 0.186 e. The Hall–Kier alpha value is -0.200. The van der Waals surface area contributed by atoms with Gasteiger partial charge in [-0.2, -0.15) is 0 Å². The fourth-order valence-corrected chi connectivity index (χ4v) is 1.18. The van der Waals surface area contributed by atoms with Crippen molar-refractivity contribution in [3.8, 4) is 0 Å². The van der Waals surface area contributed by atoms with Crippen molar-refractivity contribution in [2.24, 2.45) is 5.92 Å². The van der Waals surface area contributed by atoms with Crippen LogP contribution in [0.2, 0.25) is 0 Å². The minimum atomic E-state index is -0.993. The molecule has 5 atom stereocenters. The summed E-state index contributed by atoms with van der Waals surface area (Å²) >= 11 is 0. The van der Waals surface area contributed by atoms with E-state index in [9.17, 15) is 10.2 Å². The number of aliphatic hydroxyl groups excluding tert-OH is 3. The second-order valence-corrected chi connectivity index (χ2v) is 3.35. The van der Waals surface area contributed by atoms with Crippen LogP contribution in [0, 0.1) is 5.92 Å². The summed E-state index contributed by atoms with van der Waals surface area (Å²) in [7, 11) is 1.47. The molecule has 0 amide bonds. The highest BCUT2D eigenvalue weighted by molar-refractivity contribution is 4.90. The highest BCUT2D eigenvalue weighted by Crippen LogP contribution is 2.28. The van der Waals surface area contributed by atoms with Crippen LogP contribution in [0.1, 0.15) is 6.92 Å². The Kier molecular flexibility index (Phi) is 3.63. The highest BCUT2D eigenvalue weighted by atomic mass is 16.8. The maximum absolute atomic E-state index is 9.49. The van der Waals surface area contributed by atoms with E-state index in [0.29, 0.717) is 0 Å². The van der Waals surface area contributed by atoms with Crippen LogP contribution in [-0.4, -0.2) is 53.6 Å². The first-order chi connectivity index (χ1) is 6.11. The molecule has 5 nitrogen and oxygen atoms in total. The molecule has 1 rings (SSSR count). The molecule has 3 N–H and O–H groups in total. The number of epoxide rings is 1. The number of hydrogen-bond donors (Lipinski definition) is 3. The van der Waals surface area contributed by atoms with Crippen LogP contribution in [0.4, 0.5) is 0 Å². The van der Waals surface area contributed by atoms with Crippen molar-refractivity contribution < 1.29 is 24.8 Å². The van der Waals surface area contributed by atoms with Gasteiger partial charge in [0.25, 0.3) is 0 Å². The second kappa shape index (κ2) is 4.34. The zero-order valence-corrected chi connectivity index (χ0v) is 7.75. The molecule has 0 spiro atoms. The van der Waals surface area contributed by atoms with Crippen LogP contribution >= 0.6 is 0 Å². The molecule has 0 aromatic carbocycles. The monoisotopic (exact) mass is 192 g/mol. The summed E-state index contributed by atoms with van der Waals surface area (Å²) in [6, 6.07) is 0. The van der Waals surface area contributed by atoms with Gasteiger partial charge in [0.05, 0.1) is 6.10 Å². The van der Waals surface area contributed by atoms with Crippen LogP contribution < -0.4 is 0 Å². The molecule has 1 fully saturated rings. The van der Waals surface area contributed by atoms with E-state index < -0.39 is 24.6 Å². The molecule has 1 aliphatic heterocycles. The van der Waals surface area contributed by atoms with Gasteiger partial charge in [0.1, 0.15) is 12.2 Å². The molecular weight excluding hydrogens is 176 g/mol. The highest BCUT2D eigenvalue weighted by Gasteiger charge is 2.48. The van der Waals surface area contributed by atoms with Crippen molar-refractivity contribution in [3.05, 3.63) is 0 Å². The summed E-state index contributed by atoms with van der Waals surface area (Å²) in [6.45, 7) is 1.49. The largest absolute Gasteiger partial charge is 0.396 e. The molecule has 1 aliphatic rings. The molecular formula is C8H16O5. The molecule has 0 bridgehead atoms. The van der Waals surface area contributed by atoms with E-state index in [2.05, 4.69) is 0 Å². The van der Waals surface area contributed by atoms with Crippen molar-refractivity contribution in [2.75, 3.05) is 13.7 Å². The quantitative estimate of drug-likeness (QED) is 0.472. The first-order valence-corrected chi connectivity index (χ1v) is 4.27. The minimum absolute atomic E-state index is 0.164. The van der Waals surface area contributed by atoms with Gasteiger partial charge in [-0.25, -0.2) is 0 Å². The second-order valence-electron chi connectivity index (χ2n) is 3.35. The number of hydrogen-bond acceptors (Lipinski definition) is 5. The van der Waals surface area contributed by atoms with E-state index in [4.69, 9.17) is 14.6 Å². The summed E-state index contributed by atoms with van der Waals surface area (Å²) in [4.78, 5) is 0. The fourth-order valence-electron chi connectivity index (χ4n) is 1.18.